The van der Waals surface area contributed by atoms with Crippen LogP contribution in [0.3, 0.4) is 0 Å². The Morgan fingerprint density at radius 3 is 2.48 bits per heavy atom. The summed E-state index contributed by atoms with van der Waals surface area (Å²) >= 11 is 0. The van der Waals surface area contributed by atoms with E-state index in [4.69, 9.17) is 9.84 Å². The Morgan fingerprint density at radius 1 is 1.04 bits per heavy atom. The standard InChI is InChI=1S/C20H21NO4/c22-19(21-16-11-10-14(12-16)20(23)24)18-9-5-4-6-15(18)13-25-17-7-2-1-3-8-17/h1-9,14,16H,10-13H2,(H,21,22)(H,23,24)/t14-,16+/m1/s1. The molecule has 0 aromatic heterocycles. The fraction of sp³-hybridized carbons (Fsp3) is 0.300. The van der Waals surface area contributed by atoms with Gasteiger partial charge in [0.25, 0.3) is 5.91 Å². The predicted octanol–water partition coefficient (Wildman–Crippen LogP) is 3.25. The quantitative estimate of drug-likeness (QED) is 0.847. The van der Waals surface area contributed by atoms with Crippen molar-refractivity contribution in [2.45, 2.75) is 31.9 Å². The second-order valence-corrected chi connectivity index (χ2v) is 6.28. The van der Waals surface area contributed by atoms with Gasteiger partial charge in [-0.2, -0.15) is 0 Å². The topological polar surface area (TPSA) is 75.6 Å². The highest BCUT2D eigenvalue weighted by Gasteiger charge is 2.30. The number of ether oxygens (including phenoxy) is 1. The van der Waals surface area contributed by atoms with E-state index in [9.17, 15) is 9.59 Å². The van der Waals surface area contributed by atoms with Gasteiger partial charge in [0.05, 0.1) is 5.92 Å². The first-order valence-corrected chi connectivity index (χ1v) is 8.43. The number of carboxylic acids is 1. The highest BCUT2D eigenvalue weighted by Crippen LogP contribution is 2.26. The van der Waals surface area contributed by atoms with E-state index >= 15 is 0 Å². The van der Waals surface area contributed by atoms with Crippen LogP contribution >= 0.6 is 0 Å². The van der Waals surface area contributed by atoms with Crippen molar-refractivity contribution in [2.24, 2.45) is 5.92 Å². The van der Waals surface area contributed by atoms with Crippen molar-refractivity contribution in [1.82, 2.24) is 5.32 Å². The number of carboxylic acid groups (broad SMARTS) is 1. The molecule has 5 nitrogen and oxygen atoms in total. The van der Waals surface area contributed by atoms with Gasteiger partial charge in [0.1, 0.15) is 12.4 Å². The number of rotatable bonds is 6. The van der Waals surface area contributed by atoms with Crippen molar-refractivity contribution >= 4 is 11.9 Å². The summed E-state index contributed by atoms with van der Waals surface area (Å²) in [4.78, 5) is 23.6. The number of nitrogens with one attached hydrogen (secondary N) is 1. The summed E-state index contributed by atoms with van der Waals surface area (Å²) < 4.78 is 5.74. The van der Waals surface area contributed by atoms with Gasteiger partial charge in [0.15, 0.2) is 0 Å². The van der Waals surface area contributed by atoms with Crippen LogP contribution in [0.15, 0.2) is 54.6 Å². The van der Waals surface area contributed by atoms with E-state index in [2.05, 4.69) is 5.32 Å². The number of hydrogen-bond acceptors (Lipinski definition) is 3. The molecule has 25 heavy (non-hydrogen) atoms. The molecule has 0 unspecified atom stereocenters. The van der Waals surface area contributed by atoms with Crippen molar-refractivity contribution in [1.29, 1.82) is 0 Å². The molecular weight excluding hydrogens is 318 g/mol. The normalized spacial score (nSPS) is 19.4. The fourth-order valence-corrected chi connectivity index (χ4v) is 3.15. The molecule has 0 bridgehead atoms. The van der Waals surface area contributed by atoms with Crippen LogP contribution < -0.4 is 10.1 Å². The first kappa shape index (κ1) is 17.0. The molecule has 1 fully saturated rings. The molecule has 0 spiro atoms. The number of para-hydroxylation sites is 1. The lowest BCUT2D eigenvalue weighted by Crippen LogP contribution is -2.34. The lowest BCUT2D eigenvalue weighted by atomic mass is 10.1. The van der Waals surface area contributed by atoms with Crippen molar-refractivity contribution in [3.05, 3.63) is 65.7 Å². The number of hydrogen-bond donors (Lipinski definition) is 2. The Morgan fingerprint density at radius 2 is 1.76 bits per heavy atom. The van der Waals surface area contributed by atoms with Crippen molar-refractivity contribution < 1.29 is 19.4 Å². The molecule has 0 aliphatic heterocycles. The minimum atomic E-state index is -0.784. The van der Waals surface area contributed by atoms with Gasteiger partial charge in [-0.05, 0) is 37.5 Å². The minimum Gasteiger partial charge on any atom is -0.489 e. The van der Waals surface area contributed by atoms with Gasteiger partial charge in [-0.25, -0.2) is 0 Å². The molecule has 2 atom stereocenters. The predicted molar refractivity (Wildman–Crippen MR) is 93.4 cm³/mol. The third-order valence-electron chi connectivity index (χ3n) is 4.52. The Hall–Kier alpha value is -2.82. The van der Waals surface area contributed by atoms with E-state index in [1.165, 1.54) is 0 Å². The summed E-state index contributed by atoms with van der Waals surface area (Å²) in [5.41, 5.74) is 1.37. The molecule has 1 aliphatic carbocycles. The van der Waals surface area contributed by atoms with Crippen molar-refractivity contribution in [3.63, 3.8) is 0 Å². The zero-order valence-electron chi connectivity index (χ0n) is 13.9. The van der Waals surface area contributed by atoms with Gasteiger partial charge in [0.2, 0.25) is 0 Å². The molecule has 3 rings (SSSR count). The maximum Gasteiger partial charge on any atom is 0.306 e. The fourth-order valence-electron chi connectivity index (χ4n) is 3.15. The van der Waals surface area contributed by atoms with Crippen LogP contribution in [0.5, 0.6) is 5.75 Å². The first-order chi connectivity index (χ1) is 12.1. The second-order valence-electron chi connectivity index (χ2n) is 6.28. The number of benzene rings is 2. The maximum atomic E-state index is 12.6. The van der Waals surface area contributed by atoms with Crippen LogP contribution in [0.4, 0.5) is 0 Å². The summed E-state index contributed by atoms with van der Waals surface area (Å²) in [6.45, 7) is 0.302. The van der Waals surface area contributed by atoms with Crippen molar-refractivity contribution in [3.8, 4) is 5.75 Å². The molecule has 1 aliphatic rings. The molecule has 1 amide bonds. The number of carbonyl (C=O) groups excluding carboxylic acids is 1. The number of amides is 1. The largest absolute Gasteiger partial charge is 0.489 e. The van der Waals surface area contributed by atoms with Gasteiger partial charge in [-0.1, -0.05) is 36.4 Å². The maximum absolute atomic E-state index is 12.6. The molecule has 2 aromatic carbocycles. The average Bonchev–Trinajstić information content (AvgIpc) is 3.10. The van der Waals surface area contributed by atoms with E-state index in [1.807, 2.05) is 48.5 Å². The molecule has 0 heterocycles. The van der Waals surface area contributed by atoms with Crippen LogP contribution in [0.1, 0.15) is 35.2 Å². The Balaban J connectivity index is 1.64. The summed E-state index contributed by atoms with van der Waals surface area (Å²) in [5.74, 6) is -0.573. The highest BCUT2D eigenvalue weighted by atomic mass is 16.5. The lowest BCUT2D eigenvalue weighted by molar-refractivity contribution is -0.141. The van der Waals surface area contributed by atoms with E-state index < -0.39 is 5.97 Å². The van der Waals surface area contributed by atoms with Crippen LogP contribution in [0.2, 0.25) is 0 Å². The van der Waals surface area contributed by atoms with Crippen LogP contribution in [0, 0.1) is 5.92 Å². The smallest absolute Gasteiger partial charge is 0.306 e. The molecule has 0 saturated heterocycles. The van der Waals surface area contributed by atoms with Gasteiger partial charge >= 0.3 is 5.97 Å². The molecule has 5 heteroatoms. The number of aliphatic carboxylic acids is 1. The van der Waals surface area contributed by atoms with E-state index in [-0.39, 0.29) is 17.9 Å². The Bertz CT molecular complexity index is 744. The molecule has 1 saturated carbocycles. The van der Waals surface area contributed by atoms with Gasteiger partial charge in [0, 0.05) is 17.2 Å². The summed E-state index contributed by atoms with van der Waals surface area (Å²) in [6, 6.07) is 16.7. The van der Waals surface area contributed by atoms with Gasteiger partial charge < -0.3 is 15.2 Å². The molecule has 2 aromatic rings. The summed E-state index contributed by atoms with van der Waals surface area (Å²) in [6.07, 6.45) is 1.80. The average molecular weight is 339 g/mol. The van der Waals surface area contributed by atoms with Crippen LogP contribution in [-0.2, 0) is 11.4 Å². The first-order valence-electron chi connectivity index (χ1n) is 8.43. The van der Waals surface area contributed by atoms with E-state index in [1.54, 1.807) is 6.07 Å². The SMILES string of the molecule is O=C(N[C@H]1CC[C@@H](C(=O)O)C1)c1ccccc1COc1ccccc1. The van der Waals surface area contributed by atoms with Crippen LogP contribution in [-0.4, -0.2) is 23.0 Å². The zero-order valence-corrected chi connectivity index (χ0v) is 13.9. The molecule has 0 radical (unpaired) electrons. The third kappa shape index (κ3) is 4.38. The highest BCUT2D eigenvalue weighted by molar-refractivity contribution is 5.95. The van der Waals surface area contributed by atoms with E-state index in [0.29, 0.717) is 31.4 Å². The van der Waals surface area contributed by atoms with E-state index in [0.717, 1.165) is 11.3 Å². The second kappa shape index (κ2) is 7.83. The van der Waals surface area contributed by atoms with Crippen LogP contribution in [0.25, 0.3) is 0 Å². The van der Waals surface area contributed by atoms with Crippen molar-refractivity contribution in [2.75, 3.05) is 0 Å². The minimum absolute atomic E-state index is 0.0864. The zero-order chi connectivity index (χ0) is 17.6. The third-order valence-corrected chi connectivity index (χ3v) is 4.52. The summed E-state index contributed by atoms with van der Waals surface area (Å²) in [5, 5.41) is 12.0. The Labute approximate surface area is 146 Å². The number of carbonyl (C=O) groups is 2. The Kier molecular flexibility index (Phi) is 5.33. The molecular formula is C20H21NO4. The summed E-state index contributed by atoms with van der Waals surface area (Å²) in [7, 11) is 0. The monoisotopic (exact) mass is 339 g/mol. The lowest BCUT2D eigenvalue weighted by Gasteiger charge is -2.15. The van der Waals surface area contributed by atoms with Gasteiger partial charge in [-0.15, -0.1) is 0 Å². The molecule has 2 N–H and O–H groups in total. The van der Waals surface area contributed by atoms with Gasteiger partial charge in [-0.3, -0.25) is 9.59 Å². The molecule has 130 valence electrons.